The lowest BCUT2D eigenvalue weighted by Gasteiger charge is -2.56. The molecule has 1 aliphatic carbocycles. The zero-order valence-corrected chi connectivity index (χ0v) is 19.6. The van der Waals surface area contributed by atoms with Crippen LogP contribution in [0.2, 0.25) is 0 Å². The van der Waals surface area contributed by atoms with Crippen LogP contribution in [0.3, 0.4) is 0 Å². The Morgan fingerprint density at radius 3 is 2.53 bits per heavy atom. The molecule has 6 rings (SSSR count). The molecule has 0 unspecified atom stereocenters. The molecule has 1 N–H and O–H groups in total. The normalized spacial score (nSPS) is 21.5. The number of fused-ring (bicyclic) bond motifs is 4. The number of aliphatic hydroxyl groups is 1. The molecule has 1 spiro atoms. The maximum atomic E-state index is 13.7. The van der Waals surface area contributed by atoms with E-state index in [0.717, 1.165) is 47.9 Å². The lowest BCUT2D eigenvalue weighted by atomic mass is 9.68. The fraction of sp³-hybridized carbons (Fsp3) is 0.444. The number of methoxy groups -OCH3 is 1. The molecule has 2 aromatic carbocycles. The molecule has 0 radical (unpaired) electrons. The van der Waals surface area contributed by atoms with Gasteiger partial charge in [0.25, 0.3) is 5.91 Å². The van der Waals surface area contributed by atoms with E-state index in [0.29, 0.717) is 12.1 Å². The van der Waals surface area contributed by atoms with Crippen molar-refractivity contribution in [3.05, 3.63) is 65.1 Å². The van der Waals surface area contributed by atoms with Crippen LogP contribution in [0.15, 0.2) is 42.5 Å². The van der Waals surface area contributed by atoms with Gasteiger partial charge in [-0.2, -0.15) is 0 Å². The van der Waals surface area contributed by atoms with Crippen molar-refractivity contribution in [3.63, 3.8) is 0 Å². The molecule has 7 heteroatoms. The number of halogens is 1. The summed E-state index contributed by atoms with van der Waals surface area (Å²) in [6.07, 6.45) is 2.62. The van der Waals surface area contributed by atoms with Gasteiger partial charge >= 0.3 is 0 Å². The van der Waals surface area contributed by atoms with Crippen molar-refractivity contribution in [1.29, 1.82) is 0 Å². The monoisotopic (exact) mass is 463 g/mol. The summed E-state index contributed by atoms with van der Waals surface area (Å²) in [6, 6.07) is 11.3. The Morgan fingerprint density at radius 2 is 1.88 bits per heavy atom. The van der Waals surface area contributed by atoms with E-state index < -0.39 is 6.04 Å². The van der Waals surface area contributed by atoms with Crippen molar-refractivity contribution in [2.24, 2.45) is 13.0 Å². The fourth-order valence-electron chi connectivity index (χ4n) is 6.19. The van der Waals surface area contributed by atoms with Crippen molar-refractivity contribution in [3.8, 4) is 5.75 Å². The average molecular weight is 464 g/mol. The molecule has 2 fully saturated rings. The molecule has 1 saturated heterocycles. The lowest BCUT2D eigenvalue weighted by Crippen LogP contribution is -2.67. The van der Waals surface area contributed by atoms with Gasteiger partial charge in [0.1, 0.15) is 11.6 Å². The predicted octanol–water partition coefficient (Wildman–Crippen LogP) is 3.48. The van der Waals surface area contributed by atoms with Gasteiger partial charge in [-0.1, -0.05) is 0 Å². The number of aliphatic hydroxyl groups excluding tert-OH is 1. The Hall–Kier alpha value is -2.90. The second-order valence-corrected chi connectivity index (χ2v) is 10.2. The van der Waals surface area contributed by atoms with Crippen molar-refractivity contribution in [2.45, 2.75) is 24.3 Å². The Balaban J connectivity index is 1.48. The number of carbonyl (C=O) groups is 1. The van der Waals surface area contributed by atoms with Crippen LogP contribution in [0.1, 0.15) is 40.5 Å². The summed E-state index contributed by atoms with van der Waals surface area (Å²) >= 11 is 0. The summed E-state index contributed by atoms with van der Waals surface area (Å²) in [6.45, 7) is 3.27. The molecular weight excluding hydrogens is 433 g/mol. The van der Waals surface area contributed by atoms with Crippen LogP contribution < -0.4 is 4.74 Å². The van der Waals surface area contributed by atoms with Gasteiger partial charge in [0.15, 0.2) is 0 Å². The van der Waals surface area contributed by atoms with Crippen LogP contribution in [-0.4, -0.2) is 65.3 Å². The van der Waals surface area contributed by atoms with Crippen molar-refractivity contribution in [1.82, 2.24) is 14.4 Å². The molecule has 2 aliphatic heterocycles. The number of benzene rings is 2. The first-order chi connectivity index (χ1) is 16.4. The van der Waals surface area contributed by atoms with E-state index in [1.54, 1.807) is 12.0 Å². The second-order valence-electron chi connectivity index (χ2n) is 10.2. The molecular formula is C27H30FN3O3. The van der Waals surface area contributed by atoms with Crippen LogP contribution in [0.5, 0.6) is 5.75 Å². The number of amides is 1. The first-order valence-electron chi connectivity index (χ1n) is 12.0. The van der Waals surface area contributed by atoms with Crippen LogP contribution >= 0.6 is 0 Å². The lowest BCUT2D eigenvalue weighted by molar-refractivity contribution is -0.00309. The highest BCUT2D eigenvalue weighted by molar-refractivity contribution is 5.96. The summed E-state index contributed by atoms with van der Waals surface area (Å²) < 4.78 is 21.1. The Morgan fingerprint density at radius 1 is 1.15 bits per heavy atom. The number of aromatic nitrogens is 1. The van der Waals surface area contributed by atoms with Gasteiger partial charge in [-0.25, -0.2) is 4.39 Å². The number of carbonyl (C=O) groups excluding carboxylic acids is 1. The molecule has 1 aromatic heterocycles. The van der Waals surface area contributed by atoms with Gasteiger partial charge in [0.2, 0.25) is 0 Å². The van der Waals surface area contributed by atoms with Gasteiger partial charge in [-0.05, 0) is 60.7 Å². The third-order valence-corrected chi connectivity index (χ3v) is 7.94. The van der Waals surface area contributed by atoms with Gasteiger partial charge in [-0.3, -0.25) is 4.79 Å². The van der Waals surface area contributed by atoms with Crippen LogP contribution in [0.4, 0.5) is 4.39 Å². The summed E-state index contributed by atoms with van der Waals surface area (Å²) in [7, 11) is 3.66. The van der Waals surface area contributed by atoms with Crippen molar-refractivity contribution in [2.75, 3.05) is 39.9 Å². The average Bonchev–Trinajstić information content (AvgIpc) is 3.60. The summed E-state index contributed by atoms with van der Waals surface area (Å²) in [5, 5.41) is 11.7. The first kappa shape index (κ1) is 21.6. The number of likely N-dealkylation sites (tertiary alicyclic amines) is 1. The summed E-state index contributed by atoms with van der Waals surface area (Å²) in [5.41, 5.74) is 3.52. The van der Waals surface area contributed by atoms with E-state index in [4.69, 9.17) is 4.74 Å². The van der Waals surface area contributed by atoms with Crippen molar-refractivity contribution < 1.29 is 19.0 Å². The highest BCUT2D eigenvalue weighted by atomic mass is 19.1. The van der Waals surface area contributed by atoms with Gasteiger partial charge in [0.05, 0.1) is 25.3 Å². The molecule has 1 atom stereocenters. The molecule has 3 aliphatic rings. The minimum absolute atomic E-state index is 0.174. The first-order valence-corrected chi connectivity index (χ1v) is 12.0. The Kier molecular flexibility index (Phi) is 4.97. The van der Waals surface area contributed by atoms with E-state index >= 15 is 0 Å². The molecule has 1 saturated carbocycles. The molecule has 1 amide bonds. The van der Waals surface area contributed by atoms with Crippen LogP contribution in [0.25, 0.3) is 10.9 Å². The zero-order valence-electron chi connectivity index (χ0n) is 19.6. The number of nitrogens with zero attached hydrogens (tertiary/aromatic N) is 3. The van der Waals surface area contributed by atoms with E-state index in [2.05, 4.69) is 15.5 Å². The van der Waals surface area contributed by atoms with Crippen LogP contribution in [0, 0.1) is 11.7 Å². The maximum absolute atomic E-state index is 13.7. The molecule has 178 valence electrons. The molecule has 3 aromatic rings. The zero-order chi connectivity index (χ0) is 23.6. The number of aryl methyl sites for hydroxylation is 1. The fourth-order valence-corrected chi connectivity index (χ4v) is 6.19. The standard InChI is InChI=1S/C27H30FN3O3/c1-29-22-11-20(34-2)9-10-21(22)24-25(29)23(13-32)31(26(33)18-5-7-19(28)8-6-18)16-27(24)14-30(15-27)12-17-3-4-17/h5-11,17,23,32H,3-4,12-16H2,1-2H3/t23-/m0/s1. The largest absolute Gasteiger partial charge is 0.497 e. The van der Waals surface area contributed by atoms with Gasteiger partial charge < -0.3 is 24.2 Å². The van der Waals surface area contributed by atoms with Gasteiger partial charge in [0, 0.05) is 61.4 Å². The van der Waals surface area contributed by atoms with E-state index in [1.807, 2.05) is 19.2 Å². The Bertz CT molecular complexity index is 1260. The van der Waals surface area contributed by atoms with E-state index in [-0.39, 0.29) is 23.7 Å². The summed E-state index contributed by atoms with van der Waals surface area (Å²) in [5.74, 6) is 1.04. The molecule has 6 nitrogen and oxygen atoms in total. The Labute approximate surface area is 198 Å². The van der Waals surface area contributed by atoms with Crippen molar-refractivity contribution >= 4 is 16.8 Å². The third kappa shape index (κ3) is 3.25. The van der Waals surface area contributed by atoms with Gasteiger partial charge in [-0.15, -0.1) is 0 Å². The highest BCUT2D eigenvalue weighted by Gasteiger charge is 2.54. The highest BCUT2D eigenvalue weighted by Crippen LogP contribution is 2.50. The SMILES string of the molecule is COc1ccc2c3c(n(C)c2c1)[C@H](CO)N(C(=O)c1ccc(F)cc1)CC31CN(CC2CC2)C1. The maximum Gasteiger partial charge on any atom is 0.254 e. The van der Waals surface area contributed by atoms with E-state index in [1.165, 1.54) is 42.7 Å². The second kappa shape index (κ2) is 7.82. The molecule has 0 bridgehead atoms. The molecule has 34 heavy (non-hydrogen) atoms. The molecule has 3 heterocycles. The number of rotatable bonds is 5. The number of hydrogen-bond acceptors (Lipinski definition) is 4. The number of ether oxygens (including phenoxy) is 1. The minimum atomic E-state index is -0.473. The summed E-state index contributed by atoms with van der Waals surface area (Å²) in [4.78, 5) is 18.0. The minimum Gasteiger partial charge on any atom is -0.497 e. The predicted molar refractivity (Wildman–Crippen MR) is 128 cm³/mol. The smallest absolute Gasteiger partial charge is 0.254 e. The number of hydrogen-bond donors (Lipinski definition) is 1. The quantitative estimate of drug-likeness (QED) is 0.630. The third-order valence-electron chi connectivity index (χ3n) is 7.94. The topological polar surface area (TPSA) is 57.9 Å². The van der Waals surface area contributed by atoms with E-state index in [9.17, 15) is 14.3 Å². The van der Waals surface area contributed by atoms with Crippen LogP contribution in [-0.2, 0) is 12.5 Å².